The first-order chi connectivity index (χ1) is 23.3. The van der Waals surface area contributed by atoms with Gasteiger partial charge in [-0.15, -0.1) is 0 Å². The van der Waals surface area contributed by atoms with Crippen molar-refractivity contribution in [2.24, 2.45) is 0 Å². The molecule has 0 radical (unpaired) electrons. The van der Waals surface area contributed by atoms with Crippen LogP contribution in [0, 0.1) is 6.92 Å². The standard InChI is InChI=1S/C36H47F6N3O5/c1-25-20-27(22-28(21-25)44(16-6-8-30(46)50-33(2,3)4)23-26-9-11-29(48-5)12-10-26)24-45-17-7-13-34(45)14-18-43(19-15-34)32(47)49-31(35(37,38)39)36(40,41)42/h9-12,20-22,31H,6-8,13-19,23-24H2,1-5H3. The lowest BCUT2D eigenvalue weighted by molar-refractivity contribution is -0.308. The van der Waals surface area contributed by atoms with Gasteiger partial charge in [0.2, 0.25) is 0 Å². The van der Waals surface area contributed by atoms with Crippen molar-refractivity contribution in [1.29, 1.82) is 0 Å². The highest BCUT2D eigenvalue weighted by Gasteiger charge is 2.60. The molecular weight excluding hydrogens is 668 g/mol. The molecule has 2 heterocycles. The van der Waals surface area contributed by atoms with Crippen molar-refractivity contribution >= 4 is 17.7 Å². The monoisotopic (exact) mass is 715 g/mol. The molecule has 2 aromatic carbocycles. The third-order valence-corrected chi connectivity index (χ3v) is 9.13. The number of piperidine rings is 1. The number of ether oxygens (including phenoxy) is 3. The number of rotatable bonds is 11. The van der Waals surface area contributed by atoms with E-state index >= 15 is 0 Å². The lowest BCUT2D eigenvalue weighted by Crippen LogP contribution is -2.54. The molecule has 0 atom stereocenters. The third-order valence-electron chi connectivity index (χ3n) is 9.13. The molecule has 0 aliphatic carbocycles. The summed E-state index contributed by atoms with van der Waals surface area (Å²) in [6, 6.07) is 14.1. The summed E-state index contributed by atoms with van der Waals surface area (Å²) in [6.45, 7) is 10.0. The van der Waals surface area contributed by atoms with E-state index in [1.807, 2.05) is 52.0 Å². The number of aryl methyl sites for hydroxylation is 1. The number of anilines is 1. The quantitative estimate of drug-likeness (QED) is 0.172. The first kappa shape index (κ1) is 39.1. The molecule has 2 fully saturated rings. The van der Waals surface area contributed by atoms with Crippen LogP contribution in [0.5, 0.6) is 5.75 Å². The Labute approximate surface area is 289 Å². The van der Waals surface area contributed by atoms with Crippen molar-refractivity contribution in [3.8, 4) is 5.75 Å². The van der Waals surface area contributed by atoms with Gasteiger partial charge in [-0.1, -0.05) is 18.2 Å². The normalized spacial score (nSPS) is 16.9. The summed E-state index contributed by atoms with van der Waals surface area (Å²) in [7, 11) is 1.61. The molecule has 0 unspecified atom stereocenters. The van der Waals surface area contributed by atoms with E-state index < -0.39 is 30.2 Å². The summed E-state index contributed by atoms with van der Waals surface area (Å²) >= 11 is 0. The highest BCUT2D eigenvalue weighted by molar-refractivity contribution is 5.70. The number of nitrogens with zero attached hydrogens (tertiary/aromatic N) is 3. The number of hydrogen-bond donors (Lipinski definition) is 0. The van der Waals surface area contributed by atoms with Crippen LogP contribution in [0.15, 0.2) is 42.5 Å². The van der Waals surface area contributed by atoms with Gasteiger partial charge in [0, 0.05) is 50.4 Å². The molecule has 2 aromatic rings. The van der Waals surface area contributed by atoms with Gasteiger partial charge in [0.05, 0.1) is 7.11 Å². The summed E-state index contributed by atoms with van der Waals surface area (Å²) in [5, 5.41) is 0. The maximum Gasteiger partial charge on any atom is 0.434 e. The Morgan fingerprint density at radius 3 is 2.12 bits per heavy atom. The van der Waals surface area contributed by atoms with E-state index in [4.69, 9.17) is 9.47 Å². The molecule has 2 aliphatic heterocycles. The Kier molecular flexibility index (Phi) is 12.3. The van der Waals surface area contributed by atoms with Crippen molar-refractivity contribution in [3.63, 3.8) is 0 Å². The number of carbonyl (C=O) groups is 2. The fourth-order valence-electron chi connectivity index (χ4n) is 6.80. The maximum absolute atomic E-state index is 13.0. The van der Waals surface area contributed by atoms with Crippen LogP contribution in [0.3, 0.4) is 0 Å². The molecule has 2 saturated heterocycles. The number of carbonyl (C=O) groups excluding carboxylic acids is 2. The number of likely N-dealkylation sites (tertiary alicyclic amines) is 2. The van der Waals surface area contributed by atoms with Crippen LogP contribution >= 0.6 is 0 Å². The highest BCUT2D eigenvalue weighted by Crippen LogP contribution is 2.41. The van der Waals surface area contributed by atoms with E-state index in [9.17, 15) is 35.9 Å². The Morgan fingerprint density at radius 1 is 0.900 bits per heavy atom. The lowest BCUT2D eigenvalue weighted by atomic mass is 9.85. The zero-order chi connectivity index (χ0) is 36.9. The molecule has 0 bridgehead atoms. The Hall–Kier alpha value is -3.68. The Morgan fingerprint density at radius 2 is 1.54 bits per heavy atom. The number of esters is 1. The summed E-state index contributed by atoms with van der Waals surface area (Å²) < 4.78 is 92.7. The number of alkyl halides is 6. The van der Waals surface area contributed by atoms with Crippen LogP contribution in [0.1, 0.15) is 76.0 Å². The fraction of sp³-hybridized carbons (Fsp3) is 0.611. The van der Waals surface area contributed by atoms with Crippen LogP contribution in [-0.4, -0.2) is 84.7 Å². The van der Waals surface area contributed by atoms with Gasteiger partial charge in [0.1, 0.15) is 11.4 Å². The molecule has 4 rings (SSSR count). The second-order valence-electron chi connectivity index (χ2n) is 14.2. The summed E-state index contributed by atoms with van der Waals surface area (Å²) in [5.41, 5.74) is 3.22. The summed E-state index contributed by atoms with van der Waals surface area (Å²) in [5.74, 6) is 0.489. The molecule has 278 valence electrons. The average molecular weight is 716 g/mol. The number of benzene rings is 2. The molecule has 14 heteroatoms. The van der Waals surface area contributed by atoms with Gasteiger partial charge >= 0.3 is 24.4 Å². The molecule has 1 amide bonds. The van der Waals surface area contributed by atoms with Crippen molar-refractivity contribution in [2.45, 2.75) is 109 Å². The fourth-order valence-corrected chi connectivity index (χ4v) is 6.80. The molecule has 1 spiro atoms. The maximum atomic E-state index is 13.0. The van der Waals surface area contributed by atoms with Gasteiger partial charge in [-0.3, -0.25) is 9.69 Å². The van der Waals surface area contributed by atoms with E-state index in [1.165, 1.54) is 0 Å². The zero-order valence-electron chi connectivity index (χ0n) is 29.3. The molecule has 50 heavy (non-hydrogen) atoms. The topological polar surface area (TPSA) is 71.5 Å². The smallest absolute Gasteiger partial charge is 0.434 e. The van der Waals surface area contributed by atoms with E-state index in [1.54, 1.807) is 7.11 Å². The SMILES string of the molecule is COc1ccc(CN(CCCC(=O)OC(C)(C)C)c2cc(C)cc(CN3CCCC34CCN(C(=O)OC(C(F)(F)F)C(F)(F)F)CC4)c2)cc1. The number of hydrogen-bond acceptors (Lipinski definition) is 7. The van der Waals surface area contributed by atoms with Crippen molar-refractivity contribution in [3.05, 3.63) is 59.2 Å². The van der Waals surface area contributed by atoms with E-state index in [2.05, 4.69) is 32.7 Å². The van der Waals surface area contributed by atoms with Crippen LogP contribution in [0.2, 0.25) is 0 Å². The van der Waals surface area contributed by atoms with E-state index in [0.717, 1.165) is 52.4 Å². The number of methoxy groups -OCH3 is 1. The first-order valence-electron chi connectivity index (χ1n) is 16.8. The van der Waals surface area contributed by atoms with Crippen molar-refractivity contribution in [1.82, 2.24) is 9.80 Å². The molecule has 8 nitrogen and oxygen atoms in total. The van der Waals surface area contributed by atoms with Crippen LogP contribution in [0.4, 0.5) is 36.8 Å². The van der Waals surface area contributed by atoms with Gasteiger partial charge < -0.3 is 24.0 Å². The average Bonchev–Trinajstić information content (AvgIpc) is 3.38. The lowest BCUT2D eigenvalue weighted by Gasteiger charge is -2.45. The zero-order valence-corrected chi connectivity index (χ0v) is 29.3. The minimum atomic E-state index is -5.76. The van der Waals surface area contributed by atoms with E-state index in [0.29, 0.717) is 38.9 Å². The molecule has 0 saturated carbocycles. The minimum Gasteiger partial charge on any atom is -0.497 e. The predicted octanol–water partition coefficient (Wildman–Crippen LogP) is 8.19. The van der Waals surface area contributed by atoms with Crippen LogP contribution in [0.25, 0.3) is 0 Å². The Balaban J connectivity index is 1.47. The van der Waals surface area contributed by atoms with Crippen LogP contribution in [-0.2, 0) is 27.4 Å². The van der Waals surface area contributed by atoms with Crippen LogP contribution < -0.4 is 9.64 Å². The van der Waals surface area contributed by atoms with Gasteiger partial charge in [-0.25, -0.2) is 4.79 Å². The van der Waals surface area contributed by atoms with Gasteiger partial charge in [-0.2, -0.15) is 26.3 Å². The first-order valence-corrected chi connectivity index (χ1v) is 16.8. The van der Waals surface area contributed by atoms with E-state index in [-0.39, 0.29) is 31.0 Å². The number of halogens is 6. The summed E-state index contributed by atoms with van der Waals surface area (Å²) in [6.07, 6.45) is -14.0. The van der Waals surface area contributed by atoms with Crippen molar-refractivity contribution < 1.29 is 50.1 Å². The second-order valence-corrected chi connectivity index (χ2v) is 14.2. The molecule has 0 N–H and O–H groups in total. The summed E-state index contributed by atoms with van der Waals surface area (Å²) in [4.78, 5) is 30.3. The second kappa shape index (κ2) is 15.7. The minimum absolute atomic E-state index is 0.00980. The molecule has 0 aromatic heterocycles. The Bertz CT molecular complexity index is 1440. The number of amides is 1. The highest BCUT2D eigenvalue weighted by atomic mass is 19.4. The van der Waals surface area contributed by atoms with Gasteiger partial charge in [0.15, 0.2) is 0 Å². The predicted molar refractivity (Wildman–Crippen MR) is 176 cm³/mol. The third kappa shape index (κ3) is 10.7. The van der Waals surface area contributed by atoms with Gasteiger partial charge in [0.25, 0.3) is 6.10 Å². The molecule has 2 aliphatic rings. The van der Waals surface area contributed by atoms with Gasteiger partial charge in [-0.05, 0) is 107 Å². The largest absolute Gasteiger partial charge is 0.497 e. The molecular formula is C36H47F6N3O5. The van der Waals surface area contributed by atoms with Crippen molar-refractivity contribution in [2.75, 3.05) is 38.2 Å².